The van der Waals surface area contributed by atoms with Gasteiger partial charge in [-0.3, -0.25) is 14.2 Å². The minimum Gasteiger partial charge on any atom is -0.326 e. The van der Waals surface area contributed by atoms with Crippen molar-refractivity contribution in [1.29, 1.82) is 0 Å². The number of hydrogen-bond acceptors (Lipinski definition) is 3. The number of rotatable bonds is 4. The van der Waals surface area contributed by atoms with Crippen molar-refractivity contribution in [3.63, 3.8) is 0 Å². The van der Waals surface area contributed by atoms with Crippen LogP contribution in [-0.2, 0) is 18.3 Å². The second-order valence-electron chi connectivity index (χ2n) is 6.52. The molecule has 4 rings (SSSR count). The van der Waals surface area contributed by atoms with Gasteiger partial charge in [-0.15, -0.1) is 0 Å². The third kappa shape index (κ3) is 3.44. The highest BCUT2D eigenvalue weighted by molar-refractivity contribution is 5.94. The van der Waals surface area contributed by atoms with Gasteiger partial charge in [0.1, 0.15) is 5.82 Å². The summed E-state index contributed by atoms with van der Waals surface area (Å²) in [6.07, 6.45) is 0.654. The van der Waals surface area contributed by atoms with Gasteiger partial charge in [-0.25, -0.2) is 4.98 Å². The second-order valence-corrected chi connectivity index (χ2v) is 6.52. The molecule has 1 heterocycles. The van der Waals surface area contributed by atoms with Gasteiger partial charge in [-0.2, -0.15) is 0 Å². The molecular formula is C22H19N3O2. The smallest absolute Gasteiger partial charge is 0.261 e. The summed E-state index contributed by atoms with van der Waals surface area (Å²) in [5.41, 5.74) is 1.33. The zero-order valence-corrected chi connectivity index (χ0v) is 15.0. The Kier molecular flexibility index (Phi) is 4.42. The van der Waals surface area contributed by atoms with E-state index in [0.717, 1.165) is 16.5 Å². The molecule has 0 aliphatic rings. The van der Waals surface area contributed by atoms with Crippen LogP contribution >= 0.6 is 0 Å². The van der Waals surface area contributed by atoms with Gasteiger partial charge in [0.15, 0.2) is 0 Å². The van der Waals surface area contributed by atoms with Crippen LogP contribution in [0.3, 0.4) is 0 Å². The van der Waals surface area contributed by atoms with E-state index in [0.29, 0.717) is 23.1 Å². The van der Waals surface area contributed by atoms with Gasteiger partial charge in [0, 0.05) is 25.6 Å². The second kappa shape index (κ2) is 7.03. The highest BCUT2D eigenvalue weighted by Crippen LogP contribution is 2.19. The summed E-state index contributed by atoms with van der Waals surface area (Å²) < 4.78 is 1.52. The summed E-state index contributed by atoms with van der Waals surface area (Å²) in [4.78, 5) is 29.3. The Balaban J connectivity index is 1.49. The molecule has 1 N–H and O–H groups in total. The first-order valence-corrected chi connectivity index (χ1v) is 8.85. The molecule has 0 bridgehead atoms. The summed E-state index contributed by atoms with van der Waals surface area (Å²) in [6.45, 7) is 0. The number of fused-ring (bicyclic) bond motifs is 2. The number of nitrogens with zero attached hydrogens (tertiary/aromatic N) is 2. The quantitative estimate of drug-likeness (QED) is 0.606. The number of aromatic nitrogens is 2. The van der Waals surface area contributed by atoms with Crippen molar-refractivity contribution in [2.24, 2.45) is 7.05 Å². The van der Waals surface area contributed by atoms with Crippen LogP contribution in [-0.4, -0.2) is 15.5 Å². The Hall–Kier alpha value is -3.47. The lowest BCUT2D eigenvalue weighted by atomic mass is 10.1. The zero-order valence-electron chi connectivity index (χ0n) is 15.0. The van der Waals surface area contributed by atoms with Crippen LogP contribution in [0.2, 0.25) is 0 Å². The van der Waals surface area contributed by atoms with Crippen LogP contribution in [0, 0.1) is 0 Å². The number of carbonyl (C=O) groups is 1. The minimum absolute atomic E-state index is 0.0921. The van der Waals surface area contributed by atoms with Crippen molar-refractivity contribution in [2.75, 3.05) is 5.32 Å². The highest BCUT2D eigenvalue weighted by atomic mass is 16.1. The van der Waals surface area contributed by atoms with E-state index in [1.807, 2.05) is 60.7 Å². The van der Waals surface area contributed by atoms with E-state index in [9.17, 15) is 9.59 Å². The maximum absolute atomic E-state index is 12.4. The molecule has 0 saturated heterocycles. The Morgan fingerprint density at radius 2 is 1.74 bits per heavy atom. The summed E-state index contributed by atoms with van der Waals surface area (Å²) in [6, 6.07) is 21.1. The monoisotopic (exact) mass is 357 g/mol. The van der Waals surface area contributed by atoms with Crippen molar-refractivity contribution in [2.45, 2.75) is 12.8 Å². The van der Waals surface area contributed by atoms with Crippen LogP contribution in [0.5, 0.6) is 0 Å². The maximum Gasteiger partial charge on any atom is 0.261 e. The van der Waals surface area contributed by atoms with Crippen LogP contribution in [0.4, 0.5) is 5.69 Å². The standard InChI is InChI=1S/C22H19N3O2/c1-25-20(24-19-9-5-4-8-18(19)22(25)27)12-13-21(26)23-17-11-10-15-6-2-3-7-16(15)14-17/h2-11,14H,12-13H2,1H3,(H,23,26). The fourth-order valence-corrected chi connectivity index (χ4v) is 3.20. The molecule has 3 aromatic carbocycles. The minimum atomic E-state index is -0.104. The lowest BCUT2D eigenvalue weighted by molar-refractivity contribution is -0.116. The fraction of sp³-hybridized carbons (Fsp3) is 0.136. The molecule has 1 amide bonds. The topological polar surface area (TPSA) is 64.0 Å². The van der Waals surface area contributed by atoms with Crippen LogP contribution < -0.4 is 10.9 Å². The first kappa shape index (κ1) is 17.0. The number of carbonyl (C=O) groups excluding carboxylic acids is 1. The van der Waals surface area contributed by atoms with E-state index in [4.69, 9.17) is 0 Å². The van der Waals surface area contributed by atoms with Crippen molar-refractivity contribution >= 4 is 33.3 Å². The number of benzene rings is 3. The Morgan fingerprint density at radius 3 is 2.59 bits per heavy atom. The van der Waals surface area contributed by atoms with Crippen LogP contribution in [0.25, 0.3) is 21.7 Å². The highest BCUT2D eigenvalue weighted by Gasteiger charge is 2.10. The molecule has 1 aromatic heterocycles. The van der Waals surface area contributed by atoms with Crippen LogP contribution in [0.1, 0.15) is 12.2 Å². The van der Waals surface area contributed by atoms with Gasteiger partial charge >= 0.3 is 0 Å². The van der Waals surface area contributed by atoms with E-state index in [1.165, 1.54) is 4.57 Å². The lowest BCUT2D eigenvalue weighted by Crippen LogP contribution is -2.23. The molecular weight excluding hydrogens is 338 g/mol. The van der Waals surface area contributed by atoms with E-state index >= 15 is 0 Å². The molecule has 0 unspecified atom stereocenters. The predicted molar refractivity (Wildman–Crippen MR) is 108 cm³/mol. The molecule has 5 nitrogen and oxygen atoms in total. The van der Waals surface area contributed by atoms with Gasteiger partial charge in [0.25, 0.3) is 5.56 Å². The van der Waals surface area contributed by atoms with E-state index in [-0.39, 0.29) is 17.9 Å². The molecule has 0 aliphatic heterocycles. The number of nitrogens with one attached hydrogen (secondary N) is 1. The average molecular weight is 357 g/mol. The summed E-state index contributed by atoms with van der Waals surface area (Å²) in [7, 11) is 1.69. The van der Waals surface area contributed by atoms with Crippen LogP contribution in [0.15, 0.2) is 71.5 Å². The molecule has 5 heteroatoms. The van der Waals surface area contributed by atoms with E-state index < -0.39 is 0 Å². The SMILES string of the molecule is Cn1c(CCC(=O)Nc2ccc3ccccc3c2)nc2ccccc2c1=O. The van der Waals surface area contributed by atoms with E-state index in [2.05, 4.69) is 10.3 Å². The maximum atomic E-state index is 12.4. The molecule has 27 heavy (non-hydrogen) atoms. The molecule has 134 valence electrons. The lowest BCUT2D eigenvalue weighted by Gasteiger charge is -2.10. The van der Waals surface area contributed by atoms with Gasteiger partial charge in [-0.05, 0) is 35.0 Å². The number of hydrogen-bond donors (Lipinski definition) is 1. The van der Waals surface area contributed by atoms with Gasteiger partial charge in [-0.1, -0.05) is 42.5 Å². The average Bonchev–Trinajstić information content (AvgIpc) is 2.69. The summed E-state index contributed by atoms with van der Waals surface area (Å²) in [5.74, 6) is 0.500. The molecule has 0 fully saturated rings. The molecule has 0 radical (unpaired) electrons. The zero-order chi connectivity index (χ0) is 18.8. The molecule has 0 aliphatic carbocycles. The molecule has 0 spiro atoms. The number of anilines is 1. The third-order valence-electron chi connectivity index (χ3n) is 4.68. The number of aryl methyl sites for hydroxylation is 1. The number of amides is 1. The fourth-order valence-electron chi connectivity index (χ4n) is 3.20. The summed E-state index contributed by atoms with van der Waals surface area (Å²) >= 11 is 0. The Bertz CT molecular complexity index is 1210. The first-order valence-electron chi connectivity index (χ1n) is 8.85. The van der Waals surface area contributed by atoms with Gasteiger partial charge in [0.2, 0.25) is 5.91 Å². The summed E-state index contributed by atoms with van der Waals surface area (Å²) in [5, 5.41) is 5.72. The van der Waals surface area contributed by atoms with Gasteiger partial charge < -0.3 is 5.32 Å². The van der Waals surface area contributed by atoms with Crippen molar-refractivity contribution in [3.05, 3.63) is 82.9 Å². The Labute approximate surface area is 156 Å². The first-order chi connectivity index (χ1) is 13.1. The normalized spacial score (nSPS) is 11.0. The van der Waals surface area contributed by atoms with Crippen molar-refractivity contribution in [3.8, 4) is 0 Å². The largest absolute Gasteiger partial charge is 0.326 e. The Morgan fingerprint density at radius 1 is 1.00 bits per heavy atom. The van der Waals surface area contributed by atoms with Crippen molar-refractivity contribution in [1.82, 2.24) is 9.55 Å². The number of para-hydroxylation sites is 1. The molecule has 4 aromatic rings. The predicted octanol–water partition coefficient (Wildman–Crippen LogP) is 3.66. The molecule has 0 atom stereocenters. The van der Waals surface area contributed by atoms with Crippen molar-refractivity contribution < 1.29 is 4.79 Å². The third-order valence-corrected chi connectivity index (χ3v) is 4.68. The van der Waals surface area contributed by atoms with E-state index in [1.54, 1.807) is 13.1 Å². The van der Waals surface area contributed by atoms with Gasteiger partial charge in [0.05, 0.1) is 10.9 Å². The molecule has 0 saturated carbocycles.